The smallest absolute Gasteiger partial charge is 0.291 e. The lowest BCUT2D eigenvalue weighted by Gasteiger charge is -2.08. The van der Waals surface area contributed by atoms with E-state index < -0.39 is 0 Å². The molecule has 2 aromatic carbocycles. The van der Waals surface area contributed by atoms with E-state index in [1.165, 1.54) is 6.33 Å². The second-order valence-electron chi connectivity index (χ2n) is 7.13. The molecule has 3 aromatic heterocycles. The number of imidazole rings is 1. The number of ether oxygens (including phenoxy) is 2. The van der Waals surface area contributed by atoms with Crippen molar-refractivity contribution in [2.75, 3.05) is 12.4 Å². The third-order valence-electron chi connectivity index (χ3n) is 4.99. The molecule has 3 heterocycles. The molecule has 9 heteroatoms. The summed E-state index contributed by atoms with van der Waals surface area (Å²) < 4.78 is 18.6. The van der Waals surface area contributed by atoms with Gasteiger partial charge in [-0.05, 0) is 43.3 Å². The van der Waals surface area contributed by atoms with Gasteiger partial charge in [0.25, 0.3) is 5.91 Å². The lowest BCUT2D eigenvalue weighted by atomic mass is 10.2. The number of furan rings is 1. The summed E-state index contributed by atoms with van der Waals surface area (Å²) in [6.45, 7) is 1.89. The van der Waals surface area contributed by atoms with Crippen LogP contribution in [0.3, 0.4) is 0 Å². The van der Waals surface area contributed by atoms with Crippen LogP contribution in [0, 0.1) is 6.92 Å². The molecule has 164 valence electrons. The van der Waals surface area contributed by atoms with E-state index in [0.29, 0.717) is 34.5 Å². The lowest BCUT2D eigenvalue weighted by Crippen LogP contribution is -2.10. The van der Waals surface area contributed by atoms with E-state index in [4.69, 9.17) is 13.9 Å². The minimum atomic E-state index is -0.363. The van der Waals surface area contributed by atoms with Crippen LogP contribution in [0.5, 0.6) is 17.4 Å². The highest BCUT2D eigenvalue weighted by molar-refractivity contribution is 6.05. The fourth-order valence-electron chi connectivity index (χ4n) is 3.37. The first kappa shape index (κ1) is 20.3. The van der Waals surface area contributed by atoms with E-state index in [9.17, 15) is 4.79 Å². The molecule has 0 saturated heterocycles. The predicted molar refractivity (Wildman–Crippen MR) is 121 cm³/mol. The van der Waals surface area contributed by atoms with Crippen molar-refractivity contribution in [2.24, 2.45) is 0 Å². The number of nitrogens with one attached hydrogen (secondary N) is 1. The zero-order chi connectivity index (χ0) is 22.8. The predicted octanol–water partition coefficient (Wildman–Crippen LogP) is 4.77. The van der Waals surface area contributed by atoms with Crippen LogP contribution < -0.4 is 14.8 Å². The molecule has 5 rings (SSSR count). The number of hydrogen-bond donors (Lipinski definition) is 1. The first-order valence-electron chi connectivity index (χ1n) is 10.1. The number of methoxy groups -OCH3 is 1. The summed E-state index contributed by atoms with van der Waals surface area (Å²) in [7, 11) is 1.56. The number of rotatable bonds is 6. The van der Waals surface area contributed by atoms with Gasteiger partial charge in [-0.3, -0.25) is 9.36 Å². The normalized spacial score (nSPS) is 10.8. The van der Waals surface area contributed by atoms with Gasteiger partial charge in [-0.25, -0.2) is 15.0 Å². The average molecular weight is 441 g/mol. The molecule has 0 aliphatic carbocycles. The molecule has 0 aliphatic heterocycles. The number of hydrogen-bond acceptors (Lipinski definition) is 7. The van der Waals surface area contributed by atoms with Crippen molar-refractivity contribution in [3.63, 3.8) is 0 Å². The summed E-state index contributed by atoms with van der Waals surface area (Å²) in [5.41, 5.74) is 1.13. The Morgan fingerprint density at radius 1 is 1.06 bits per heavy atom. The van der Waals surface area contributed by atoms with Gasteiger partial charge >= 0.3 is 0 Å². The Balaban J connectivity index is 1.28. The third kappa shape index (κ3) is 4.11. The maximum Gasteiger partial charge on any atom is 0.291 e. The topological polar surface area (TPSA) is 104 Å². The molecule has 0 aliphatic rings. The number of benzene rings is 2. The van der Waals surface area contributed by atoms with Crippen LogP contribution in [-0.4, -0.2) is 32.5 Å². The van der Waals surface area contributed by atoms with Crippen molar-refractivity contribution >= 4 is 22.6 Å². The van der Waals surface area contributed by atoms with Crippen LogP contribution in [0.4, 0.5) is 5.69 Å². The van der Waals surface area contributed by atoms with Gasteiger partial charge in [-0.2, -0.15) is 0 Å². The van der Waals surface area contributed by atoms with Gasteiger partial charge in [-0.1, -0.05) is 12.1 Å². The monoisotopic (exact) mass is 441 g/mol. The zero-order valence-electron chi connectivity index (χ0n) is 17.9. The van der Waals surface area contributed by atoms with E-state index in [1.54, 1.807) is 55.8 Å². The Hall–Kier alpha value is -4.66. The highest BCUT2D eigenvalue weighted by Gasteiger charge is 2.15. The van der Waals surface area contributed by atoms with Gasteiger partial charge in [0.05, 0.1) is 7.11 Å². The molecule has 0 fully saturated rings. The van der Waals surface area contributed by atoms with Gasteiger partial charge < -0.3 is 19.2 Å². The third-order valence-corrected chi connectivity index (χ3v) is 4.99. The van der Waals surface area contributed by atoms with Crippen molar-refractivity contribution in [3.8, 4) is 23.2 Å². The van der Waals surface area contributed by atoms with E-state index >= 15 is 0 Å². The molecule has 0 spiro atoms. The highest BCUT2D eigenvalue weighted by Crippen LogP contribution is 2.29. The summed E-state index contributed by atoms with van der Waals surface area (Å²) in [6, 6.07) is 15.8. The summed E-state index contributed by atoms with van der Waals surface area (Å²) in [5, 5.41) is 3.61. The van der Waals surface area contributed by atoms with Crippen LogP contribution >= 0.6 is 0 Å². The molecule has 1 N–H and O–H groups in total. The number of fused-ring (bicyclic) bond motifs is 1. The number of anilines is 1. The lowest BCUT2D eigenvalue weighted by molar-refractivity contribution is 0.0998. The zero-order valence-corrected chi connectivity index (χ0v) is 17.9. The maximum absolute atomic E-state index is 12.6. The van der Waals surface area contributed by atoms with Gasteiger partial charge in [0, 0.05) is 29.5 Å². The number of aryl methyl sites for hydroxylation is 1. The van der Waals surface area contributed by atoms with E-state index in [-0.39, 0.29) is 11.7 Å². The summed E-state index contributed by atoms with van der Waals surface area (Å²) in [6.07, 6.45) is 4.95. The fourth-order valence-corrected chi connectivity index (χ4v) is 3.37. The van der Waals surface area contributed by atoms with Crippen molar-refractivity contribution in [1.29, 1.82) is 0 Å². The second-order valence-corrected chi connectivity index (χ2v) is 7.13. The fraction of sp³-hybridized carbons (Fsp3) is 0.0833. The Bertz CT molecular complexity index is 1440. The molecule has 33 heavy (non-hydrogen) atoms. The largest absolute Gasteiger partial charge is 0.493 e. The summed E-state index contributed by atoms with van der Waals surface area (Å²) >= 11 is 0. The number of para-hydroxylation sites is 1. The first-order valence-corrected chi connectivity index (χ1v) is 10.1. The number of aromatic nitrogens is 4. The molecule has 9 nitrogen and oxygen atoms in total. The Labute approximate surface area is 188 Å². The second kappa shape index (κ2) is 8.46. The highest BCUT2D eigenvalue weighted by atomic mass is 16.5. The van der Waals surface area contributed by atoms with Crippen molar-refractivity contribution in [2.45, 2.75) is 6.92 Å². The number of carbonyl (C=O) groups is 1. The molecule has 0 bridgehead atoms. The molecule has 5 aromatic rings. The molecule has 0 saturated carbocycles. The molecule has 0 radical (unpaired) electrons. The van der Waals surface area contributed by atoms with Crippen molar-refractivity contribution in [3.05, 3.63) is 84.9 Å². The summed E-state index contributed by atoms with van der Waals surface area (Å²) in [5.74, 6) is 2.82. The Morgan fingerprint density at radius 3 is 2.67 bits per heavy atom. The summed E-state index contributed by atoms with van der Waals surface area (Å²) in [4.78, 5) is 25.2. The standard InChI is InChI=1S/C24H19N5O4/c1-15-25-10-11-29(15)21-13-22(27-14-26-21)32-18-8-6-17(7-9-18)28-24(30)20-12-16-4-3-5-19(31-2)23(16)33-20/h3-14H,1-2H3,(H,28,30). The van der Waals surface area contributed by atoms with Gasteiger partial charge in [0.15, 0.2) is 17.1 Å². The van der Waals surface area contributed by atoms with Crippen LogP contribution in [0.1, 0.15) is 16.4 Å². The van der Waals surface area contributed by atoms with Crippen molar-refractivity contribution < 1.29 is 18.7 Å². The van der Waals surface area contributed by atoms with E-state index in [1.807, 2.05) is 29.8 Å². The minimum absolute atomic E-state index is 0.193. The number of nitrogens with zero attached hydrogens (tertiary/aromatic N) is 4. The van der Waals surface area contributed by atoms with Crippen LogP contribution in [0.2, 0.25) is 0 Å². The Kier molecular flexibility index (Phi) is 5.19. The minimum Gasteiger partial charge on any atom is -0.493 e. The first-order chi connectivity index (χ1) is 16.1. The Morgan fingerprint density at radius 2 is 1.91 bits per heavy atom. The molecule has 0 atom stereocenters. The van der Waals surface area contributed by atoms with Crippen LogP contribution in [0.15, 0.2) is 77.7 Å². The maximum atomic E-state index is 12.6. The quantitative estimate of drug-likeness (QED) is 0.405. The van der Waals surface area contributed by atoms with Crippen LogP contribution in [-0.2, 0) is 0 Å². The molecular formula is C24H19N5O4. The molecular weight excluding hydrogens is 422 g/mol. The van der Waals surface area contributed by atoms with Crippen LogP contribution in [0.25, 0.3) is 16.8 Å². The van der Waals surface area contributed by atoms with Gasteiger partial charge in [0.2, 0.25) is 5.88 Å². The average Bonchev–Trinajstić information content (AvgIpc) is 3.46. The number of carbonyl (C=O) groups excluding carboxylic acids is 1. The number of amides is 1. The van der Waals surface area contributed by atoms with E-state index in [2.05, 4.69) is 20.3 Å². The molecule has 1 amide bonds. The van der Waals surface area contributed by atoms with Gasteiger partial charge in [0.1, 0.15) is 23.7 Å². The SMILES string of the molecule is COc1cccc2cc(C(=O)Nc3ccc(Oc4cc(-n5ccnc5C)ncn4)cc3)oc12. The van der Waals surface area contributed by atoms with Gasteiger partial charge in [-0.15, -0.1) is 0 Å². The van der Waals surface area contributed by atoms with Crippen molar-refractivity contribution in [1.82, 2.24) is 19.5 Å². The van der Waals surface area contributed by atoms with E-state index in [0.717, 1.165) is 11.2 Å². The molecule has 0 unspecified atom stereocenters.